The molecule has 0 aliphatic rings. The van der Waals surface area contributed by atoms with Gasteiger partial charge < -0.3 is 10.4 Å². The first-order valence-electron chi connectivity index (χ1n) is 4.40. The molecule has 0 aliphatic heterocycles. The second kappa shape index (κ2) is 7.00. The molecule has 0 saturated carbocycles. The molecule has 0 aromatic rings. The second-order valence-electron chi connectivity index (χ2n) is 2.80. The van der Waals surface area contributed by atoms with E-state index in [0.717, 1.165) is 17.9 Å². The van der Waals surface area contributed by atoms with E-state index in [1.54, 1.807) is 11.8 Å². The largest absolute Gasteiger partial charge is 0.477 e. The fourth-order valence-electron chi connectivity index (χ4n) is 0.712. The van der Waals surface area contributed by atoms with Crippen LogP contribution in [0.25, 0.3) is 0 Å². The molecule has 3 nitrogen and oxygen atoms in total. The molecule has 0 atom stereocenters. The van der Waals surface area contributed by atoms with Crippen molar-refractivity contribution in [2.45, 2.75) is 19.3 Å². The maximum Gasteiger partial charge on any atom is 0.375 e. The summed E-state index contributed by atoms with van der Waals surface area (Å²) in [6.07, 6.45) is 1.05. The molecule has 0 amide bonds. The van der Waals surface area contributed by atoms with E-state index in [2.05, 4.69) is 5.32 Å². The van der Waals surface area contributed by atoms with Crippen molar-refractivity contribution >= 4 is 17.7 Å². The van der Waals surface area contributed by atoms with Crippen molar-refractivity contribution in [3.8, 4) is 0 Å². The van der Waals surface area contributed by atoms with Gasteiger partial charge in [-0.25, -0.2) is 4.79 Å². The van der Waals surface area contributed by atoms with Gasteiger partial charge in [0.05, 0.1) is 6.54 Å². The third-order valence-electron chi connectivity index (χ3n) is 1.43. The Bertz CT molecular complexity index is 179. The quantitative estimate of drug-likeness (QED) is 0.616. The Labute approximate surface area is 86.3 Å². The highest BCUT2D eigenvalue weighted by atomic mass is 32.2. The first kappa shape index (κ1) is 13.6. The van der Waals surface area contributed by atoms with Gasteiger partial charge >= 0.3 is 11.9 Å². The summed E-state index contributed by atoms with van der Waals surface area (Å²) in [6, 6.07) is 0. The van der Waals surface area contributed by atoms with Crippen LogP contribution in [0.15, 0.2) is 0 Å². The third kappa shape index (κ3) is 6.15. The van der Waals surface area contributed by atoms with Gasteiger partial charge in [0.1, 0.15) is 0 Å². The summed E-state index contributed by atoms with van der Waals surface area (Å²) in [6.45, 7) is 1.65. The Morgan fingerprint density at radius 2 is 2.14 bits per heavy atom. The van der Waals surface area contributed by atoms with Crippen molar-refractivity contribution in [1.29, 1.82) is 0 Å². The third-order valence-corrected chi connectivity index (χ3v) is 2.62. The normalized spacial score (nSPS) is 11.6. The van der Waals surface area contributed by atoms with Crippen molar-refractivity contribution < 1.29 is 18.7 Å². The van der Waals surface area contributed by atoms with Crippen molar-refractivity contribution in [3.05, 3.63) is 0 Å². The number of alkyl halides is 2. The van der Waals surface area contributed by atoms with Crippen LogP contribution in [0.1, 0.15) is 13.3 Å². The summed E-state index contributed by atoms with van der Waals surface area (Å²) in [5.74, 6) is -4.01. The van der Waals surface area contributed by atoms with Crippen molar-refractivity contribution in [2.24, 2.45) is 0 Å². The number of rotatable bonds is 8. The van der Waals surface area contributed by atoms with E-state index in [-0.39, 0.29) is 0 Å². The van der Waals surface area contributed by atoms with Crippen LogP contribution >= 0.6 is 11.8 Å². The number of carboxylic acid groups (broad SMARTS) is 1. The van der Waals surface area contributed by atoms with Gasteiger partial charge in [-0.3, -0.25) is 0 Å². The molecule has 0 bridgehead atoms. The molecule has 0 fully saturated rings. The highest BCUT2D eigenvalue weighted by Crippen LogP contribution is 2.11. The van der Waals surface area contributed by atoms with Gasteiger partial charge in [0, 0.05) is 12.3 Å². The molecular formula is C8H15F2NO2S. The molecule has 84 valence electrons. The molecule has 0 spiro atoms. The SMILES string of the molecule is CCCSCCNCC(F)(F)C(=O)O. The fourth-order valence-corrected chi connectivity index (χ4v) is 1.49. The van der Waals surface area contributed by atoms with Gasteiger partial charge in [0.25, 0.3) is 0 Å². The highest BCUT2D eigenvalue weighted by molar-refractivity contribution is 7.99. The number of nitrogens with one attached hydrogen (secondary N) is 1. The maximum atomic E-state index is 12.5. The summed E-state index contributed by atoms with van der Waals surface area (Å²) < 4.78 is 24.9. The van der Waals surface area contributed by atoms with E-state index in [1.807, 2.05) is 6.92 Å². The molecule has 0 saturated heterocycles. The van der Waals surface area contributed by atoms with Crippen LogP contribution in [0.3, 0.4) is 0 Å². The van der Waals surface area contributed by atoms with Gasteiger partial charge in [-0.15, -0.1) is 0 Å². The predicted molar refractivity (Wildman–Crippen MR) is 53.1 cm³/mol. The molecule has 14 heavy (non-hydrogen) atoms. The summed E-state index contributed by atoms with van der Waals surface area (Å²) in [5.41, 5.74) is 0. The Kier molecular flexibility index (Phi) is 6.82. The maximum absolute atomic E-state index is 12.5. The summed E-state index contributed by atoms with van der Waals surface area (Å²) in [7, 11) is 0. The average molecular weight is 227 g/mol. The first-order chi connectivity index (χ1) is 6.50. The monoisotopic (exact) mass is 227 g/mol. The lowest BCUT2D eigenvalue weighted by atomic mass is 10.3. The molecule has 0 radical (unpaired) electrons. The van der Waals surface area contributed by atoms with Crippen LogP contribution in [0, 0.1) is 0 Å². The number of aliphatic carboxylic acids is 1. The smallest absolute Gasteiger partial charge is 0.375 e. The van der Waals surface area contributed by atoms with Crippen LogP contribution < -0.4 is 5.32 Å². The van der Waals surface area contributed by atoms with E-state index in [4.69, 9.17) is 5.11 Å². The predicted octanol–water partition coefficient (Wildman–Crippen LogP) is 1.44. The van der Waals surface area contributed by atoms with E-state index in [0.29, 0.717) is 6.54 Å². The highest BCUT2D eigenvalue weighted by Gasteiger charge is 2.37. The molecule has 0 aromatic carbocycles. The lowest BCUT2D eigenvalue weighted by molar-refractivity contribution is -0.163. The Hall–Kier alpha value is -0.360. The first-order valence-corrected chi connectivity index (χ1v) is 5.56. The Balaban J connectivity index is 3.40. The number of halogens is 2. The van der Waals surface area contributed by atoms with Crippen LogP contribution in [-0.4, -0.2) is 41.6 Å². The summed E-state index contributed by atoms with van der Waals surface area (Å²) in [5, 5.41) is 10.5. The lowest BCUT2D eigenvalue weighted by Gasteiger charge is -2.11. The van der Waals surface area contributed by atoms with Crippen molar-refractivity contribution in [1.82, 2.24) is 5.32 Å². The van der Waals surface area contributed by atoms with Crippen LogP contribution in [-0.2, 0) is 4.79 Å². The average Bonchev–Trinajstić information content (AvgIpc) is 2.10. The van der Waals surface area contributed by atoms with Crippen molar-refractivity contribution in [3.63, 3.8) is 0 Å². The van der Waals surface area contributed by atoms with Gasteiger partial charge in [-0.05, 0) is 12.2 Å². The Morgan fingerprint density at radius 1 is 1.50 bits per heavy atom. The number of carboxylic acids is 1. The number of hydrogen-bond acceptors (Lipinski definition) is 3. The second-order valence-corrected chi connectivity index (χ2v) is 4.02. The summed E-state index contributed by atoms with van der Waals surface area (Å²) >= 11 is 1.66. The molecule has 6 heteroatoms. The van der Waals surface area contributed by atoms with Gasteiger partial charge in [0.15, 0.2) is 0 Å². The van der Waals surface area contributed by atoms with Crippen LogP contribution in [0.5, 0.6) is 0 Å². The van der Waals surface area contributed by atoms with Crippen LogP contribution in [0.2, 0.25) is 0 Å². The Morgan fingerprint density at radius 3 is 2.64 bits per heavy atom. The molecule has 0 aromatic heterocycles. The van der Waals surface area contributed by atoms with E-state index in [9.17, 15) is 13.6 Å². The molecule has 0 unspecified atom stereocenters. The minimum absolute atomic E-state index is 0.410. The van der Waals surface area contributed by atoms with E-state index >= 15 is 0 Å². The zero-order chi connectivity index (χ0) is 11.0. The topological polar surface area (TPSA) is 49.3 Å². The molecule has 2 N–H and O–H groups in total. The zero-order valence-corrected chi connectivity index (χ0v) is 8.87. The number of thioether (sulfide) groups is 1. The zero-order valence-electron chi connectivity index (χ0n) is 8.06. The number of carbonyl (C=O) groups is 1. The van der Waals surface area contributed by atoms with Gasteiger partial charge in [-0.2, -0.15) is 20.5 Å². The van der Waals surface area contributed by atoms with E-state index < -0.39 is 18.4 Å². The number of hydrogen-bond donors (Lipinski definition) is 2. The molecule has 0 aliphatic carbocycles. The molecule has 0 heterocycles. The van der Waals surface area contributed by atoms with Crippen molar-refractivity contribution in [2.75, 3.05) is 24.6 Å². The van der Waals surface area contributed by atoms with Gasteiger partial charge in [0.2, 0.25) is 0 Å². The minimum atomic E-state index is -3.66. The van der Waals surface area contributed by atoms with Crippen LogP contribution in [0.4, 0.5) is 8.78 Å². The fraction of sp³-hybridized carbons (Fsp3) is 0.875. The minimum Gasteiger partial charge on any atom is -0.477 e. The summed E-state index contributed by atoms with van der Waals surface area (Å²) in [4.78, 5) is 9.99. The standard InChI is InChI=1S/C8H15F2NO2S/c1-2-4-14-5-3-11-6-8(9,10)7(12)13/h11H,2-6H2,1H3,(H,12,13). The molecular weight excluding hydrogens is 212 g/mol. The molecule has 0 rings (SSSR count). The lowest BCUT2D eigenvalue weighted by Crippen LogP contribution is -2.40. The van der Waals surface area contributed by atoms with E-state index in [1.165, 1.54) is 0 Å². The van der Waals surface area contributed by atoms with Gasteiger partial charge in [-0.1, -0.05) is 6.92 Å².